The van der Waals surface area contributed by atoms with E-state index in [4.69, 9.17) is 32.8 Å². The van der Waals surface area contributed by atoms with Gasteiger partial charge in [-0.3, -0.25) is 10.1 Å². The topological polar surface area (TPSA) is 77.0 Å². The number of carbonyl (C=O) groups is 2. The molecular formula is C22H19Cl2F3N2O4. The smallest absolute Gasteiger partial charge is 0.435 e. The van der Waals surface area contributed by atoms with Crippen molar-refractivity contribution in [2.75, 3.05) is 0 Å². The lowest BCUT2D eigenvalue weighted by Gasteiger charge is -2.29. The van der Waals surface area contributed by atoms with Crippen molar-refractivity contribution in [1.82, 2.24) is 5.32 Å². The minimum absolute atomic E-state index is 0.0256. The van der Waals surface area contributed by atoms with Gasteiger partial charge >= 0.3 is 12.3 Å². The molecule has 0 fully saturated rings. The van der Waals surface area contributed by atoms with Crippen molar-refractivity contribution < 1.29 is 32.3 Å². The van der Waals surface area contributed by atoms with Crippen LogP contribution >= 0.6 is 23.2 Å². The monoisotopic (exact) mass is 502 g/mol. The summed E-state index contributed by atoms with van der Waals surface area (Å²) >= 11 is 11.8. The number of benzene rings is 2. The number of hydrogen-bond donors (Lipinski definition) is 1. The van der Waals surface area contributed by atoms with Crippen LogP contribution in [0.1, 0.15) is 47.3 Å². The average Bonchev–Trinajstić information content (AvgIpc) is 3.13. The van der Waals surface area contributed by atoms with Crippen molar-refractivity contribution in [3.63, 3.8) is 0 Å². The molecule has 1 unspecified atom stereocenters. The molecule has 0 aliphatic carbocycles. The van der Waals surface area contributed by atoms with Gasteiger partial charge in [-0.25, -0.2) is 4.79 Å². The fourth-order valence-corrected chi connectivity index (χ4v) is 3.87. The van der Waals surface area contributed by atoms with E-state index in [1.165, 1.54) is 24.3 Å². The van der Waals surface area contributed by atoms with Gasteiger partial charge in [-0.05, 0) is 62.2 Å². The molecule has 33 heavy (non-hydrogen) atoms. The Morgan fingerprint density at radius 3 is 2.33 bits per heavy atom. The molecule has 0 spiro atoms. The van der Waals surface area contributed by atoms with Gasteiger partial charge in [0.15, 0.2) is 0 Å². The number of alkyl halides is 3. The summed E-state index contributed by atoms with van der Waals surface area (Å²) in [4.78, 5) is 29.0. The number of amides is 2. The Labute approximate surface area is 197 Å². The molecule has 11 heteroatoms. The number of oxime groups is 1. The number of aryl methyl sites for hydroxylation is 1. The number of imide groups is 1. The number of rotatable bonds is 4. The summed E-state index contributed by atoms with van der Waals surface area (Å²) in [5.41, 5.74) is -2.11. The second-order valence-corrected chi connectivity index (χ2v) is 8.60. The highest BCUT2D eigenvalue weighted by molar-refractivity contribution is 6.34. The van der Waals surface area contributed by atoms with Gasteiger partial charge in [0.1, 0.15) is 0 Å². The maximum Gasteiger partial charge on any atom is 0.435 e. The summed E-state index contributed by atoms with van der Waals surface area (Å²) in [6.45, 7) is 4.84. The SMILES string of the molecule is Cc1cc(C2=NOC(c3cc(Cl)cc(Cl)c3)(C(F)(F)F)C2)ccc1C(=O)NC(=O)OC(C)C. The number of nitrogens with one attached hydrogen (secondary N) is 1. The first-order valence-electron chi connectivity index (χ1n) is 9.74. The van der Waals surface area contributed by atoms with Crippen molar-refractivity contribution in [2.24, 2.45) is 5.16 Å². The summed E-state index contributed by atoms with van der Waals surface area (Å²) in [5, 5.41) is 5.84. The molecule has 0 radical (unpaired) electrons. The van der Waals surface area contributed by atoms with Gasteiger partial charge in [-0.15, -0.1) is 0 Å². The molecule has 2 aromatic carbocycles. The zero-order valence-corrected chi connectivity index (χ0v) is 19.2. The van der Waals surface area contributed by atoms with Crippen molar-refractivity contribution in [1.29, 1.82) is 0 Å². The van der Waals surface area contributed by atoms with E-state index in [-0.39, 0.29) is 26.9 Å². The summed E-state index contributed by atoms with van der Waals surface area (Å²) in [6, 6.07) is 7.88. The van der Waals surface area contributed by atoms with Crippen LogP contribution in [0.2, 0.25) is 10.0 Å². The minimum atomic E-state index is -4.82. The first-order chi connectivity index (χ1) is 15.3. The molecule has 1 heterocycles. The van der Waals surface area contributed by atoms with Gasteiger partial charge in [-0.2, -0.15) is 13.2 Å². The number of carbonyl (C=O) groups excluding carboxylic acids is 2. The Morgan fingerprint density at radius 1 is 1.15 bits per heavy atom. The molecule has 2 amide bonds. The second kappa shape index (κ2) is 9.23. The highest BCUT2D eigenvalue weighted by Crippen LogP contribution is 2.49. The van der Waals surface area contributed by atoms with Crippen LogP contribution in [0.25, 0.3) is 0 Å². The van der Waals surface area contributed by atoms with E-state index in [2.05, 4.69) is 10.5 Å². The van der Waals surface area contributed by atoms with Crippen LogP contribution < -0.4 is 5.32 Å². The second-order valence-electron chi connectivity index (χ2n) is 7.73. The van der Waals surface area contributed by atoms with E-state index < -0.39 is 36.3 Å². The number of hydrogen-bond acceptors (Lipinski definition) is 5. The molecule has 0 saturated carbocycles. The number of nitrogens with zero attached hydrogens (tertiary/aromatic N) is 1. The third-order valence-electron chi connectivity index (χ3n) is 4.88. The third kappa shape index (κ3) is 5.25. The first-order valence-corrected chi connectivity index (χ1v) is 10.5. The lowest BCUT2D eigenvalue weighted by Crippen LogP contribution is -2.42. The van der Waals surface area contributed by atoms with E-state index in [0.717, 1.165) is 12.1 Å². The van der Waals surface area contributed by atoms with Crippen molar-refractivity contribution in [2.45, 2.75) is 45.1 Å². The molecule has 0 saturated heterocycles. The van der Waals surface area contributed by atoms with Crippen LogP contribution in [0.15, 0.2) is 41.6 Å². The quantitative estimate of drug-likeness (QED) is 0.543. The number of halogens is 5. The van der Waals surface area contributed by atoms with Gasteiger partial charge in [0, 0.05) is 27.6 Å². The molecule has 2 aromatic rings. The fraction of sp³-hybridized carbons (Fsp3) is 0.318. The van der Waals surface area contributed by atoms with Crippen LogP contribution in [0.4, 0.5) is 18.0 Å². The molecule has 0 bridgehead atoms. The first kappa shape index (κ1) is 24.9. The van der Waals surface area contributed by atoms with E-state index >= 15 is 0 Å². The van der Waals surface area contributed by atoms with Crippen molar-refractivity contribution >= 4 is 40.9 Å². The van der Waals surface area contributed by atoms with E-state index in [0.29, 0.717) is 11.1 Å². The van der Waals surface area contributed by atoms with Gasteiger partial charge < -0.3 is 9.57 Å². The van der Waals surface area contributed by atoms with Crippen LogP contribution in [0.5, 0.6) is 0 Å². The molecule has 1 atom stereocenters. The average molecular weight is 503 g/mol. The summed E-state index contributed by atoms with van der Waals surface area (Å²) in [7, 11) is 0. The Hall–Kier alpha value is -2.78. The molecule has 6 nitrogen and oxygen atoms in total. The zero-order valence-electron chi connectivity index (χ0n) is 17.7. The standard InChI is InChI=1S/C22H19Cl2F3N2O4/c1-11(2)32-20(31)28-19(30)17-5-4-13(6-12(17)3)18-10-21(33-29-18,22(25,26)27)14-7-15(23)9-16(24)8-14/h4-9,11H,10H2,1-3H3,(H,28,30,31). The molecular weight excluding hydrogens is 484 g/mol. The van der Waals surface area contributed by atoms with Crippen LogP contribution in [-0.2, 0) is 15.2 Å². The molecule has 3 rings (SSSR count). The van der Waals surface area contributed by atoms with Crippen LogP contribution in [-0.4, -0.2) is 30.0 Å². The van der Waals surface area contributed by atoms with Gasteiger partial charge in [0.2, 0.25) is 0 Å². The molecule has 1 aliphatic heterocycles. The fourth-order valence-electron chi connectivity index (χ4n) is 3.35. The summed E-state index contributed by atoms with van der Waals surface area (Å²) in [5.74, 6) is -0.701. The lowest BCUT2D eigenvalue weighted by atomic mass is 9.86. The zero-order chi connectivity index (χ0) is 24.6. The summed E-state index contributed by atoms with van der Waals surface area (Å²) < 4.78 is 47.3. The predicted octanol–water partition coefficient (Wildman–Crippen LogP) is 6.16. The van der Waals surface area contributed by atoms with Gasteiger partial charge in [0.05, 0.1) is 11.8 Å². The maximum atomic E-state index is 14.1. The predicted molar refractivity (Wildman–Crippen MR) is 117 cm³/mol. The maximum absolute atomic E-state index is 14.1. The van der Waals surface area contributed by atoms with Crippen molar-refractivity contribution in [3.8, 4) is 0 Å². The molecule has 1 aliphatic rings. The lowest BCUT2D eigenvalue weighted by molar-refractivity contribution is -0.275. The van der Waals surface area contributed by atoms with E-state index in [9.17, 15) is 22.8 Å². The Bertz CT molecular complexity index is 1110. The van der Waals surface area contributed by atoms with E-state index in [1.54, 1.807) is 20.8 Å². The normalized spacial score (nSPS) is 18.0. The number of ether oxygens (including phenoxy) is 1. The highest BCUT2D eigenvalue weighted by atomic mass is 35.5. The van der Waals surface area contributed by atoms with Gasteiger partial charge in [-0.1, -0.05) is 34.4 Å². The third-order valence-corrected chi connectivity index (χ3v) is 5.31. The largest absolute Gasteiger partial charge is 0.447 e. The van der Waals surface area contributed by atoms with Crippen LogP contribution in [0.3, 0.4) is 0 Å². The van der Waals surface area contributed by atoms with Gasteiger partial charge in [0.25, 0.3) is 11.5 Å². The Balaban J connectivity index is 1.87. The molecule has 176 valence electrons. The Kier molecular flexibility index (Phi) is 6.95. The summed E-state index contributed by atoms with van der Waals surface area (Å²) in [6.07, 6.45) is -6.76. The van der Waals surface area contributed by atoms with Crippen LogP contribution in [0, 0.1) is 6.92 Å². The Morgan fingerprint density at radius 2 is 1.79 bits per heavy atom. The minimum Gasteiger partial charge on any atom is -0.447 e. The highest BCUT2D eigenvalue weighted by Gasteiger charge is 2.62. The molecule has 1 N–H and O–H groups in total. The van der Waals surface area contributed by atoms with Crippen molar-refractivity contribution in [3.05, 3.63) is 68.7 Å². The van der Waals surface area contributed by atoms with E-state index in [1.807, 2.05) is 0 Å². The number of alkyl carbamates (subject to hydrolysis) is 1. The molecule has 0 aromatic heterocycles.